The van der Waals surface area contributed by atoms with E-state index < -0.39 is 5.97 Å². The molecule has 82 valence electrons. The van der Waals surface area contributed by atoms with Crippen molar-refractivity contribution in [3.63, 3.8) is 0 Å². The van der Waals surface area contributed by atoms with Crippen LogP contribution >= 0.6 is 0 Å². The molecule has 1 saturated heterocycles. The molecule has 2 rings (SSSR count). The summed E-state index contributed by atoms with van der Waals surface area (Å²) in [6, 6.07) is 1.66. The van der Waals surface area contributed by atoms with Crippen molar-refractivity contribution in [2.24, 2.45) is 0 Å². The summed E-state index contributed by atoms with van der Waals surface area (Å²) in [5.41, 5.74) is 1.10. The van der Waals surface area contributed by atoms with Crippen molar-refractivity contribution in [1.82, 2.24) is 9.78 Å². The Morgan fingerprint density at radius 1 is 1.80 bits per heavy atom. The summed E-state index contributed by atoms with van der Waals surface area (Å²) in [5.74, 6) is -0.662. The third-order valence-electron chi connectivity index (χ3n) is 2.67. The lowest BCUT2D eigenvalue weighted by Gasteiger charge is -2.01. The number of carboxylic acids is 1. The molecule has 1 aromatic rings. The smallest absolute Gasteiger partial charge is 0.354 e. The second-order valence-corrected chi connectivity index (χ2v) is 3.64. The number of aromatic nitrogens is 2. The summed E-state index contributed by atoms with van der Waals surface area (Å²) in [7, 11) is 0. The van der Waals surface area contributed by atoms with Crippen LogP contribution in [0.5, 0.6) is 0 Å². The monoisotopic (exact) mass is 210 g/mol. The van der Waals surface area contributed by atoms with Crippen LogP contribution in [0.15, 0.2) is 6.07 Å². The van der Waals surface area contributed by atoms with Gasteiger partial charge in [0.25, 0.3) is 0 Å². The number of carboxylic acid groups (broad SMARTS) is 1. The zero-order valence-electron chi connectivity index (χ0n) is 8.64. The van der Waals surface area contributed by atoms with Crippen molar-refractivity contribution >= 4 is 5.97 Å². The van der Waals surface area contributed by atoms with Crippen molar-refractivity contribution in [2.45, 2.75) is 25.8 Å². The van der Waals surface area contributed by atoms with Crippen LogP contribution in [0.25, 0.3) is 0 Å². The van der Waals surface area contributed by atoms with Gasteiger partial charge in [0.15, 0.2) is 0 Å². The molecule has 0 bridgehead atoms. The molecule has 1 atom stereocenters. The first-order chi connectivity index (χ1) is 7.22. The number of nitrogens with zero attached hydrogens (tertiary/aromatic N) is 2. The van der Waals surface area contributed by atoms with E-state index in [1.807, 2.05) is 6.92 Å². The van der Waals surface area contributed by atoms with Crippen LogP contribution in [-0.2, 0) is 11.3 Å². The van der Waals surface area contributed by atoms with Crippen LogP contribution < -0.4 is 0 Å². The lowest BCUT2D eigenvalue weighted by molar-refractivity contribution is 0.0683. The van der Waals surface area contributed by atoms with Gasteiger partial charge < -0.3 is 9.84 Å². The number of carbonyl (C=O) groups is 1. The SMILES string of the molecule is CCn1nc(C2CCOC2)cc1C(=O)O. The average Bonchev–Trinajstić information content (AvgIpc) is 2.86. The molecule has 5 heteroatoms. The summed E-state index contributed by atoms with van der Waals surface area (Å²) in [6.07, 6.45) is 0.930. The zero-order valence-corrected chi connectivity index (χ0v) is 8.64. The number of hydrogen-bond acceptors (Lipinski definition) is 3. The predicted octanol–water partition coefficient (Wildman–Crippen LogP) is 1.11. The Bertz CT molecular complexity index is 367. The van der Waals surface area contributed by atoms with E-state index in [0.29, 0.717) is 13.2 Å². The number of ether oxygens (including phenoxy) is 1. The maximum atomic E-state index is 10.9. The third kappa shape index (κ3) is 1.87. The lowest BCUT2D eigenvalue weighted by atomic mass is 10.1. The maximum Gasteiger partial charge on any atom is 0.354 e. The molecule has 0 radical (unpaired) electrons. The third-order valence-corrected chi connectivity index (χ3v) is 2.67. The minimum absolute atomic E-state index is 0.260. The largest absolute Gasteiger partial charge is 0.477 e. The molecule has 1 aromatic heterocycles. The zero-order chi connectivity index (χ0) is 10.8. The Morgan fingerprint density at radius 3 is 3.07 bits per heavy atom. The molecule has 0 aromatic carbocycles. The van der Waals surface area contributed by atoms with E-state index in [1.54, 1.807) is 6.07 Å². The highest BCUT2D eigenvalue weighted by Crippen LogP contribution is 2.24. The van der Waals surface area contributed by atoms with Gasteiger partial charge in [-0.1, -0.05) is 0 Å². The molecule has 0 amide bonds. The summed E-state index contributed by atoms with van der Waals surface area (Å²) >= 11 is 0. The molecule has 5 nitrogen and oxygen atoms in total. The van der Waals surface area contributed by atoms with Gasteiger partial charge in [0, 0.05) is 19.1 Å². The van der Waals surface area contributed by atoms with Crippen molar-refractivity contribution in [3.05, 3.63) is 17.5 Å². The van der Waals surface area contributed by atoms with E-state index in [0.717, 1.165) is 18.7 Å². The number of aryl methyl sites for hydroxylation is 1. The van der Waals surface area contributed by atoms with Crippen LogP contribution in [0.1, 0.15) is 35.4 Å². The van der Waals surface area contributed by atoms with Crippen LogP contribution in [0.2, 0.25) is 0 Å². The van der Waals surface area contributed by atoms with Gasteiger partial charge in [-0.15, -0.1) is 0 Å². The minimum atomic E-state index is -0.922. The standard InChI is InChI=1S/C10H14N2O3/c1-2-12-9(10(13)14)5-8(11-12)7-3-4-15-6-7/h5,7H,2-4,6H2,1H3,(H,13,14). The van der Waals surface area contributed by atoms with Crippen LogP contribution in [0.4, 0.5) is 0 Å². The fourth-order valence-electron chi connectivity index (χ4n) is 1.82. The van der Waals surface area contributed by atoms with E-state index in [4.69, 9.17) is 9.84 Å². The topological polar surface area (TPSA) is 64.4 Å². The molecule has 1 unspecified atom stereocenters. The van der Waals surface area contributed by atoms with Gasteiger partial charge in [-0.25, -0.2) is 4.79 Å². The summed E-state index contributed by atoms with van der Waals surface area (Å²) in [5, 5.41) is 13.2. The Hall–Kier alpha value is -1.36. The van der Waals surface area contributed by atoms with E-state index in [-0.39, 0.29) is 11.6 Å². The highest BCUT2D eigenvalue weighted by molar-refractivity contribution is 5.85. The van der Waals surface area contributed by atoms with E-state index in [9.17, 15) is 4.79 Å². The van der Waals surface area contributed by atoms with Gasteiger partial charge in [-0.2, -0.15) is 5.10 Å². The van der Waals surface area contributed by atoms with Crippen LogP contribution in [0, 0.1) is 0 Å². The van der Waals surface area contributed by atoms with Gasteiger partial charge in [-0.3, -0.25) is 4.68 Å². The van der Waals surface area contributed by atoms with Crippen molar-refractivity contribution in [1.29, 1.82) is 0 Å². The maximum absolute atomic E-state index is 10.9. The molecule has 0 spiro atoms. The van der Waals surface area contributed by atoms with E-state index in [1.165, 1.54) is 4.68 Å². The van der Waals surface area contributed by atoms with Crippen molar-refractivity contribution < 1.29 is 14.6 Å². The molecule has 0 saturated carbocycles. The summed E-state index contributed by atoms with van der Waals surface area (Å²) < 4.78 is 6.78. The first kappa shape index (κ1) is 10.2. The highest BCUT2D eigenvalue weighted by Gasteiger charge is 2.23. The Balaban J connectivity index is 2.29. The van der Waals surface area contributed by atoms with Crippen molar-refractivity contribution in [2.75, 3.05) is 13.2 Å². The molecular formula is C10H14N2O3. The number of hydrogen-bond donors (Lipinski definition) is 1. The minimum Gasteiger partial charge on any atom is -0.477 e. The first-order valence-corrected chi connectivity index (χ1v) is 5.11. The lowest BCUT2D eigenvalue weighted by Crippen LogP contribution is -2.08. The normalized spacial score (nSPS) is 20.7. The molecule has 1 fully saturated rings. The molecule has 2 heterocycles. The van der Waals surface area contributed by atoms with Gasteiger partial charge >= 0.3 is 5.97 Å². The first-order valence-electron chi connectivity index (χ1n) is 5.11. The fourth-order valence-corrected chi connectivity index (χ4v) is 1.82. The molecule has 15 heavy (non-hydrogen) atoms. The second-order valence-electron chi connectivity index (χ2n) is 3.64. The van der Waals surface area contributed by atoms with Crippen LogP contribution in [-0.4, -0.2) is 34.1 Å². The quantitative estimate of drug-likeness (QED) is 0.811. The average molecular weight is 210 g/mol. The second kappa shape index (κ2) is 4.02. The van der Waals surface area contributed by atoms with Crippen molar-refractivity contribution in [3.8, 4) is 0 Å². The van der Waals surface area contributed by atoms with Gasteiger partial charge in [0.05, 0.1) is 12.3 Å². The van der Waals surface area contributed by atoms with Gasteiger partial charge in [0.1, 0.15) is 5.69 Å². The van der Waals surface area contributed by atoms with Crippen LogP contribution in [0.3, 0.4) is 0 Å². The fraction of sp³-hybridized carbons (Fsp3) is 0.600. The number of rotatable bonds is 3. The van der Waals surface area contributed by atoms with E-state index in [2.05, 4.69) is 5.10 Å². The summed E-state index contributed by atoms with van der Waals surface area (Å²) in [4.78, 5) is 10.9. The highest BCUT2D eigenvalue weighted by atomic mass is 16.5. The molecule has 1 N–H and O–H groups in total. The molecular weight excluding hydrogens is 196 g/mol. The Morgan fingerprint density at radius 2 is 2.60 bits per heavy atom. The van der Waals surface area contributed by atoms with Gasteiger partial charge in [0.2, 0.25) is 0 Å². The number of aromatic carboxylic acids is 1. The predicted molar refractivity (Wildman–Crippen MR) is 53.0 cm³/mol. The summed E-state index contributed by atoms with van der Waals surface area (Å²) in [6.45, 7) is 3.86. The Kier molecular flexibility index (Phi) is 2.73. The van der Waals surface area contributed by atoms with Gasteiger partial charge in [-0.05, 0) is 19.4 Å². The molecule has 1 aliphatic heterocycles. The molecule has 1 aliphatic rings. The van der Waals surface area contributed by atoms with E-state index >= 15 is 0 Å². The Labute approximate surface area is 87.7 Å². The molecule has 0 aliphatic carbocycles.